The molecule has 0 aromatic heterocycles. The summed E-state index contributed by atoms with van der Waals surface area (Å²) in [4.78, 5) is 0. The first-order chi connectivity index (χ1) is 10.2. The van der Waals surface area contributed by atoms with Crippen molar-refractivity contribution in [1.82, 2.24) is 0 Å². The Morgan fingerprint density at radius 1 is 1.43 bits per heavy atom. The first-order valence-corrected chi connectivity index (χ1v) is 9.06. The van der Waals surface area contributed by atoms with E-state index in [4.69, 9.17) is 9.47 Å². The van der Waals surface area contributed by atoms with Crippen LogP contribution in [0.4, 0.5) is 0 Å². The van der Waals surface area contributed by atoms with Crippen molar-refractivity contribution in [2.24, 2.45) is 11.3 Å². The fourth-order valence-electron chi connectivity index (χ4n) is 2.96. The van der Waals surface area contributed by atoms with Crippen LogP contribution in [0.2, 0.25) is 0 Å². The van der Waals surface area contributed by atoms with Gasteiger partial charge in [0.2, 0.25) is 0 Å². The Bertz CT molecular complexity index is 514. The molecule has 21 heavy (non-hydrogen) atoms. The molecule has 1 aromatic carbocycles. The van der Waals surface area contributed by atoms with Gasteiger partial charge in [0.05, 0.1) is 6.07 Å². The zero-order chi connectivity index (χ0) is 15.3. The quantitative estimate of drug-likeness (QED) is 0.519. The number of para-hydroxylation sites is 2. The maximum Gasteiger partial charge on any atom is 0.161 e. The molecule has 4 heteroatoms. The standard InChI is InChI=1S/C17H22INO2/c1-3-13(2)17(12-19,9-6-10-18)16-11-20-14-7-4-5-8-15(14)21-16/h4-5,7-8,13,16H,3,6,9-11H2,1-2H3. The van der Waals surface area contributed by atoms with Crippen molar-refractivity contribution in [1.29, 1.82) is 5.26 Å². The fraction of sp³-hybridized carbons (Fsp3) is 0.588. The molecule has 0 radical (unpaired) electrons. The minimum absolute atomic E-state index is 0.199. The van der Waals surface area contributed by atoms with Gasteiger partial charge in [-0.1, -0.05) is 55.0 Å². The molecular weight excluding hydrogens is 377 g/mol. The van der Waals surface area contributed by atoms with Crippen molar-refractivity contribution in [3.63, 3.8) is 0 Å². The second-order valence-corrected chi connectivity index (χ2v) is 6.70. The lowest BCUT2D eigenvalue weighted by atomic mass is 9.69. The summed E-state index contributed by atoms with van der Waals surface area (Å²) in [6, 6.07) is 10.3. The Hall–Kier alpha value is -0.960. The highest BCUT2D eigenvalue weighted by Crippen LogP contribution is 2.43. The fourth-order valence-corrected chi connectivity index (χ4v) is 3.34. The maximum absolute atomic E-state index is 9.92. The van der Waals surface area contributed by atoms with Crippen molar-refractivity contribution < 1.29 is 9.47 Å². The molecule has 1 aliphatic rings. The number of benzene rings is 1. The van der Waals surface area contributed by atoms with Crippen LogP contribution >= 0.6 is 22.6 Å². The van der Waals surface area contributed by atoms with Crippen molar-refractivity contribution in [2.45, 2.75) is 39.2 Å². The molecule has 0 aliphatic carbocycles. The number of hydrogen-bond acceptors (Lipinski definition) is 3. The average Bonchev–Trinajstić information content (AvgIpc) is 2.55. The lowest BCUT2D eigenvalue weighted by Gasteiger charge is -2.41. The summed E-state index contributed by atoms with van der Waals surface area (Å²) in [6.07, 6.45) is 2.66. The van der Waals surface area contributed by atoms with Gasteiger partial charge < -0.3 is 9.47 Å². The molecule has 0 amide bonds. The first-order valence-electron chi connectivity index (χ1n) is 7.53. The van der Waals surface area contributed by atoms with Crippen LogP contribution in [0, 0.1) is 22.7 Å². The molecule has 0 bridgehead atoms. The molecule has 0 N–H and O–H groups in total. The molecule has 3 unspecified atom stereocenters. The van der Waals surface area contributed by atoms with Gasteiger partial charge in [-0.05, 0) is 35.3 Å². The lowest BCUT2D eigenvalue weighted by Crippen LogP contribution is -2.48. The van der Waals surface area contributed by atoms with Crippen LogP contribution in [-0.2, 0) is 0 Å². The summed E-state index contributed by atoms with van der Waals surface area (Å²) in [7, 11) is 0. The third-order valence-electron chi connectivity index (χ3n) is 4.51. The van der Waals surface area contributed by atoms with Crippen LogP contribution in [0.1, 0.15) is 33.1 Å². The highest BCUT2D eigenvalue weighted by Gasteiger charge is 2.46. The Morgan fingerprint density at radius 3 is 2.76 bits per heavy atom. The Labute approximate surface area is 140 Å². The van der Waals surface area contributed by atoms with Crippen molar-refractivity contribution in [2.75, 3.05) is 11.0 Å². The van der Waals surface area contributed by atoms with Crippen LogP contribution in [0.3, 0.4) is 0 Å². The second kappa shape index (κ2) is 7.35. The highest BCUT2D eigenvalue weighted by molar-refractivity contribution is 14.1. The smallest absolute Gasteiger partial charge is 0.161 e. The lowest BCUT2D eigenvalue weighted by molar-refractivity contribution is -0.0146. The van der Waals surface area contributed by atoms with Gasteiger partial charge in [0.15, 0.2) is 17.6 Å². The van der Waals surface area contributed by atoms with Crippen molar-refractivity contribution >= 4 is 22.6 Å². The maximum atomic E-state index is 9.92. The van der Waals surface area contributed by atoms with Gasteiger partial charge in [-0.15, -0.1) is 0 Å². The van der Waals surface area contributed by atoms with Gasteiger partial charge in [-0.25, -0.2) is 0 Å². The van der Waals surface area contributed by atoms with E-state index < -0.39 is 5.41 Å². The monoisotopic (exact) mass is 399 g/mol. The zero-order valence-corrected chi connectivity index (χ0v) is 14.8. The minimum atomic E-state index is -0.479. The van der Waals surface area contributed by atoms with Crippen LogP contribution in [0.15, 0.2) is 24.3 Å². The molecule has 1 aliphatic heterocycles. The average molecular weight is 399 g/mol. The molecule has 114 valence electrons. The first kappa shape index (κ1) is 16.4. The molecule has 1 aromatic rings. The summed E-state index contributed by atoms with van der Waals surface area (Å²) >= 11 is 2.37. The number of nitriles is 1. The molecule has 0 spiro atoms. The van der Waals surface area contributed by atoms with Gasteiger partial charge in [-0.2, -0.15) is 5.26 Å². The molecule has 1 heterocycles. The van der Waals surface area contributed by atoms with Crippen LogP contribution in [0.25, 0.3) is 0 Å². The normalized spacial score (nSPS) is 21.1. The van der Waals surface area contributed by atoms with E-state index in [1.54, 1.807) is 0 Å². The molecule has 0 fully saturated rings. The van der Waals surface area contributed by atoms with Crippen LogP contribution in [-0.4, -0.2) is 17.1 Å². The number of alkyl halides is 1. The number of ether oxygens (including phenoxy) is 2. The van der Waals surface area contributed by atoms with Gasteiger partial charge in [0, 0.05) is 0 Å². The molecule has 2 rings (SSSR count). The number of halogens is 1. The van der Waals surface area contributed by atoms with E-state index in [-0.39, 0.29) is 12.0 Å². The van der Waals surface area contributed by atoms with E-state index in [9.17, 15) is 5.26 Å². The Balaban J connectivity index is 2.28. The molecule has 3 nitrogen and oxygen atoms in total. The molecule has 0 saturated carbocycles. The molecule has 0 saturated heterocycles. The van der Waals surface area contributed by atoms with Crippen LogP contribution < -0.4 is 9.47 Å². The van der Waals surface area contributed by atoms with Crippen LogP contribution in [0.5, 0.6) is 11.5 Å². The Morgan fingerprint density at radius 2 is 2.14 bits per heavy atom. The largest absolute Gasteiger partial charge is 0.486 e. The SMILES string of the molecule is CCC(C)C(C#N)(CCCI)C1COc2ccccc2O1. The third kappa shape index (κ3) is 3.28. The van der Waals surface area contributed by atoms with Gasteiger partial charge in [0.1, 0.15) is 12.0 Å². The summed E-state index contributed by atoms with van der Waals surface area (Å²) in [5.74, 6) is 1.81. The predicted molar refractivity (Wildman–Crippen MR) is 92.0 cm³/mol. The number of nitrogens with zero attached hydrogens (tertiary/aromatic N) is 1. The molecular formula is C17H22INO2. The van der Waals surface area contributed by atoms with Gasteiger partial charge in [0.25, 0.3) is 0 Å². The third-order valence-corrected chi connectivity index (χ3v) is 5.27. The summed E-state index contributed by atoms with van der Waals surface area (Å²) in [5.41, 5.74) is -0.479. The van der Waals surface area contributed by atoms with E-state index in [2.05, 4.69) is 42.5 Å². The Kier molecular flexibility index (Phi) is 5.74. The number of hydrogen-bond donors (Lipinski definition) is 0. The molecule has 3 atom stereocenters. The summed E-state index contributed by atoms with van der Waals surface area (Å²) in [5, 5.41) is 9.92. The second-order valence-electron chi connectivity index (χ2n) is 5.62. The highest BCUT2D eigenvalue weighted by atomic mass is 127. The number of fused-ring (bicyclic) bond motifs is 1. The summed E-state index contributed by atoms with van der Waals surface area (Å²) in [6.45, 7) is 4.74. The number of rotatable bonds is 6. The van der Waals surface area contributed by atoms with E-state index in [1.807, 2.05) is 24.3 Å². The van der Waals surface area contributed by atoms with Gasteiger partial charge in [-0.3, -0.25) is 0 Å². The predicted octanol–water partition coefficient (Wildman–Crippen LogP) is 4.60. The minimum Gasteiger partial charge on any atom is -0.486 e. The van der Waals surface area contributed by atoms with E-state index in [0.29, 0.717) is 6.61 Å². The topological polar surface area (TPSA) is 42.2 Å². The van der Waals surface area contributed by atoms with E-state index >= 15 is 0 Å². The van der Waals surface area contributed by atoms with E-state index in [0.717, 1.165) is 35.2 Å². The van der Waals surface area contributed by atoms with Crippen molar-refractivity contribution in [3.8, 4) is 17.6 Å². The van der Waals surface area contributed by atoms with E-state index in [1.165, 1.54) is 0 Å². The van der Waals surface area contributed by atoms with Crippen molar-refractivity contribution in [3.05, 3.63) is 24.3 Å². The zero-order valence-electron chi connectivity index (χ0n) is 12.6. The van der Waals surface area contributed by atoms with Gasteiger partial charge >= 0.3 is 0 Å². The summed E-state index contributed by atoms with van der Waals surface area (Å²) < 4.78 is 13.1.